The van der Waals surface area contributed by atoms with E-state index in [4.69, 9.17) is 15.2 Å². The monoisotopic (exact) mass is 266 g/mol. The van der Waals surface area contributed by atoms with Gasteiger partial charge in [0, 0.05) is 0 Å². The number of ether oxygens (including phenoxy) is 2. The molecule has 106 valence electrons. The third-order valence-electron chi connectivity index (χ3n) is 2.59. The summed E-state index contributed by atoms with van der Waals surface area (Å²) < 4.78 is 10.5. The molecule has 1 atom stereocenters. The fraction of sp³-hybridized carbons (Fsp3) is 0.500. The van der Waals surface area contributed by atoms with Gasteiger partial charge in [0.05, 0.1) is 24.6 Å². The van der Waals surface area contributed by atoms with Crippen LogP contribution in [-0.4, -0.2) is 31.3 Å². The van der Waals surface area contributed by atoms with Gasteiger partial charge in [-0.1, -0.05) is 26.0 Å². The molecule has 0 radical (unpaired) electrons. The molecule has 1 unspecified atom stereocenters. The number of hydrogen-bond acceptors (Lipinski definition) is 4. The standard InChI is InChI=1S/C12H16N2O3.C2H6/c1-8(17-9-6-16-7-9)12(15)14-11-5-3-2-4-10(11)13;1-2/h2-5,8-9H,6-7,13H2,1H3,(H,14,15);1-2H3. The van der Waals surface area contributed by atoms with Gasteiger partial charge in [0.25, 0.3) is 5.91 Å². The van der Waals surface area contributed by atoms with E-state index < -0.39 is 6.10 Å². The van der Waals surface area contributed by atoms with Crippen LogP contribution < -0.4 is 11.1 Å². The first-order valence-electron chi connectivity index (χ1n) is 6.55. The quantitative estimate of drug-likeness (QED) is 0.818. The lowest BCUT2D eigenvalue weighted by Crippen LogP contribution is -2.41. The number of benzene rings is 1. The van der Waals surface area contributed by atoms with Gasteiger partial charge in [0.1, 0.15) is 12.2 Å². The predicted octanol–water partition coefficient (Wildman–Crippen LogP) is 2.04. The van der Waals surface area contributed by atoms with Crippen LogP contribution in [0.25, 0.3) is 0 Å². The molecule has 1 aromatic carbocycles. The summed E-state index contributed by atoms with van der Waals surface area (Å²) in [5.41, 5.74) is 6.88. The minimum atomic E-state index is -0.511. The smallest absolute Gasteiger partial charge is 0.253 e. The molecule has 5 nitrogen and oxygen atoms in total. The molecule has 1 fully saturated rings. The molecular weight excluding hydrogens is 244 g/mol. The van der Waals surface area contributed by atoms with E-state index in [9.17, 15) is 4.79 Å². The first-order valence-corrected chi connectivity index (χ1v) is 6.55. The van der Waals surface area contributed by atoms with Crippen molar-refractivity contribution in [1.29, 1.82) is 0 Å². The van der Waals surface area contributed by atoms with E-state index in [1.807, 2.05) is 26.0 Å². The molecule has 1 aromatic rings. The van der Waals surface area contributed by atoms with Gasteiger partial charge < -0.3 is 20.5 Å². The van der Waals surface area contributed by atoms with Gasteiger partial charge >= 0.3 is 0 Å². The highest BCUT2D eigenvalue weighted by Crippen LogP contribution is 2.17. The zero-order chi connectivity index (χ0) is 14.3. The lowest BCUT2D eigenvalue weighted by molar-refractivity contribution is -0.161. The Balaban J connectivity index is 0.000000861. The highest BCUT2D eigenvalue weighted by Gasteiger charge is 2.25. The minimum Gasteiger partial charge on any atom is -0.397 e. The van der Waals surface area contributed by atoms with Gasteiger partial charge in [-0.05, 0) is 19.1 Å². The molecule has 1 amide bonds. The second kappa shape index (κ2) is 7.76. The molecule has 2 rings (SSSR count). The number of nitrogens with two attached hydrogens (primary N) is 1. The summed E-state index contributed by atoms with van der Waals surface area (Å²) in [5, 5.41) is 2.73. The lowest BCUT2D eigenvalue weighted by Gasteiger charge is -2.28. The molecule has 0 bridgehead atoms. The van der Waals surface area contributed by atoms with Crippen molar-refractivity contribution in [2.75, 3.05) is 24.3 Å². The van der Waals surface area contributed by atoms with Crippen LogP contribution in [0.5, 0.6) is 0 Å². The average Bonchev–Trinajstić information content (AvgIpc) is 2.38. The zero-order valence-electron chi connectivity index (χ0n) is 11.7. The van der Waals surface area contributed by atoms with Gasteiger partial charge in [-0.25, -0.2) is 0 Å². The third-order valence-corrected chi connectivity index (χ3v) is 2.59. The molecular formula is C14H22N2O3. The van der Waals surface area contributed by atoms with Crippen LogP contribution >= 0.6 is 0 Å². The normalized spacial score (nSPS) is 15.7. The molecule has 19 heavy (non-hydrogen) atoms. The summed E-state index contributed by atoms with van der Waals surface area (Å²) in [6, 6.07) is 7.13. The molecule has 1 heterocycles. The van der Waals surface area contributed by atoms with Crippen molar-refractivity contribution in [3.05, 3.63) is 24.3 Å². The molecule has 0 aliphatic carbocycles. The van der Waals surface area contributed by atoms with Crippen LogP contribution in [0.1, 0.15) is 20.8 Å². The van der Waals surface area contributed by atoms with Gasteiger partial charge in [-0.15, -0.1) is 0 Å². The number of para-hydroxylation sites is 2. The fourth-order valence-electron chi connectivity index (χ4n) is 1.49. The second-order valence-corrected chi connectivity index (χ2v) is 4.01. The van der Waals surface area contributed by atoms with Gasteiger partial charge in [-0.2, -0.15) is 0 Å². The van der Waals surface area contributed by atoms with Crippen LogP contribution in [0.4, 0.5) is 11.4 Å². The number of anilines is 2. The van der Waals surface area contributed by atoms with Crippen molar-refractivity contribution in [3.63, 3.8) is 0 Å². The van der Waals surface area contributed by atoms with Crippen molar-refractivity contribution in [1.82, 2.24) is 0 Å². The molecule has 0 aromatic heterocycles. The van der Waals surface area contributed by atoms with Gasteiger partial charge in [0.2, 0.25) is 0 Å². The summed E-state index contributed by atoms with van der Waals surface area (Å²) >= 11 is 0. The molecule has 1 aliphatic rings. The molecule has 1 aliphatic heterocycles. The van der Waals surface area contributed by atoms with Crippen LogP contribution in [0.2, 0.25) is 0 Å². The van der Waals surface area contributed by atoms with Crippen LogP contribution in [0.3, 0.4) is 0 Å². The first kappa shape index (κ1) is 15.5. The summed E-state index contributed by atoms with van der Waals surface area (Å²) in [6.07, 6.45) is -0.479. The van der Waals surface area contributed by atoms with E-state index >= 15 is 0 Å². The topological polar surface area (TPSA) is 73.6 Å². The number of carbonyl (C=O) groups excluding carboxylic acids is 1. The van der Waals surface area contributed by atoms with E-state index in [1.165, 1.54) is 0 Å². The Morgan fingerprint density at radius 3 is 2.58 bits per heavy atom. The van der Waals surface area contributed by atoms with Gasteiger partial charge in [-0.3, -0.25) is 4.79 Å². The Bertz CT molecular complexity index is 405. The number of nitrogen functional groups attached to an aromatic ring is 1. The SMILES string of the molecule is CC.CC(OC1COC1)C(=O)Nc1ccccc1N. The maximum atomic E-state index is 11.8. The largest absolute Gasteiger partial charge is 0.397 e. The maximum absolute atomic E-state index is 11.8. The van der Waals surface area contributed by atoms with Crippen molar-refractivity contribution in [2.24, 2.45) is 0 Å². The number of hydrogen-bond donors (Lipinski definition) is 2. The van der Waals surface area contributed by atoms with Gasteiger partial charge in [0.15, 0.2) is 0 Å². The molecule has 1 saturated heterocycles. The number of amides is 1. The Morgan fingerprint density at radius 2 is 2.05 bits per heavy atom. The number of nitrogens with one attached hydrogen (secondary N) is 1. The van der Waals surface area contributed by atoms with E-state index in [1.54, 1.807) is 19.1 Å². The van der Waals surface area contributed by atoms with E-state index in [-0.39, 0.29) is 12.0 Å². The Hall–Kier alpha value is -1.59. The molecule has 5 heteroatoms. The number of carbonyl (C=O) groups is 1. The summed E-state index contributed by atoms with van der Waals surface area (Å²) in [6.45, 7) is 6.84. The minimum absolute atomic E-state index is 0.0314. The predicted molar refractivity (Wildman–Crippen MR) is 76.0 cm³/mol. The Morgan fingerprint density at radius 1 is 1.42 bits per heavy atom. The summed E-state index contributed by atoms with van der Waals surface area (Å²) in [5.74, 6) is -0.199. The lowest BCUT2D eigenvalue weighted by atomic mass is 10.2. The van der Waals surface area contributed by atoms with Crippen molar-refractivity contribution >= 4 is 17.3 Å². The Kier molecular flexibility index (Phi) is 6.32. The highest BCUT2D eigenvalue weighted by molar-refractivity contribution is 5.96. The summed E-state index contributed by atoms with van der Waals surface area (Å²) in [7, 11) is 0. The average molecular weight is 266 g/mol. The first-order chi connectivity index (χ1) is 9.16. The van der Waals surface area contributed by atoms with Crippen LogP contribution in [-0.2, 0) is 14.3 Å². The summed E-state index contributed by atoms with van der Waals surface area (Å²) in [4.78, 5) is 11.8. The fourth-order valence-corrected chi connectivity index (χ4v) is 1.49. The second-order valence-electron chi connectivity index (χ2n) is 4.01. The van der Waals surface area contributed by atoms with Crippen molar-refractivity contribution in [3.8, 4) is 0 Å². The highest BCUT2D eigenvalue weighted by atomic mass is 16.6. The van der Waals surface area contributed by atoms with Crippen LogP contribution in [0, 0.1) is 0 Å². The van der Waals surface area contributed by atoms with Crippen molar-refractivity contribution in [2.45, 2.75) is 33.0 Å². The number of rotatable bonds is 4. The third kappa shape index (κ3) is 4.54. The molecule has 3 N–H and O–H groups in total. The Labute approximate surface area is 114 Å². The van der Waals surface area contributed by atoms with Crippen LogP contribution in [0.15, 0.2) is 24.3 Å². The molecule has 0 spiro atoms. The molecule has 0 saturated carbocycles. The van der Waals surface area contributed by atoms with E-state index in [0.29, 0.717) is 24.6 Å². The van der Waals surface area contributed by atoms with E-state index in [0.717, 1.165) is 0 Å². The van der Waals surface area contributed by atoms with Crippen molar-refractivity contribution < 1.29 is 14.3 Å². The maximum Gasteiger partial charge on any atom is 0.253 e. The van der Waals surface area contributed by atoms with E-state index in [2.05, 4.69) is 5.32 Å². The zero-order valence-corrected chi connectivity index (χ0v) is 11.7.